The van der Waals surface area contributed by atoms with Gasteiger partial charge in [-0.3, -0.25) is 4.79 Å². The van der Waals surface area contributed by atoms with Crippen molar-refractivity contribution in [3.8, 4) is 11.7 Å². The van der Waals surface area contributed by atoms with Crippen molar-refractivity contribution >= 4 is 5.91 Å². The molecule has 3 rings (SSSR count). The van der Waals surface area contributed by atoms with E-state index in [1.54, 1.807) is 12.1 Å². The van der Waals surface area contributed by atoms with Crippen LogP contribution in [0.2, 0.25) is 0 Å². The van der Waals surface area contributed by atoms with Crippen molar-refractivity contribution < 1.29 is 13.9 Å². The fraction of sp³-hybridized carbons (Fsp3) is 0.312. The van der Waals surface area contributed by atoms with Gasteiger partial charge in [-0.05, 0) is 37.0 Å². The number of nitrogens with two attached hydrogens (primary N) is 1. The molecule has 1 aliphatic rings. The number of carbonyl (C=O) groups excluding carboxylic acids is 1. The van der Waals surface area contributed by atoms with E-state index in [1.165, 1.54) is 0 Å². The molecule has 1 saturated carbocycles. The summed E-state index contributed by atoms with van der Waals surface area (Å²) in [4.78, 5) is 12.1. The number of nitrogens with one attached hydrogen (secondary N) is 1. The van der Waals surface area contributed by atoms with Gasteiger partial charge in [0.15, 0.2) is 5.76 Å². The van der Waals surface area contributed by atoms with Crippen molar-refractivity contribution in [2.75, 3.05) is 6.54 Å². The topological polar surface area (TPSA) is 77.5 Å². The molecule has 1 aromatic heterocycles. The molecule has 0 spiro atoms. The first-order valence-electron chi connectivity index (χ1n) is 7.10. The van der Waals surface area contributed by atoms with Crippen molar-refractivity contribution in [2.24, 2.45) is 11.7 Å². The van der Waals surface area contributed by atoms with Crippen LogP contribution in [-0.4, -0.2) is 18.5 Å². The molecule has 0 saturated heterocycles. The Bertz CT molecular complexity index is 605. The van der Waals surface area contributed by atoms with Crippen molar-refractivity contribution in [1.29, 1.82) is 0 Å². The summed E-state index contributed by atoms with van der Waals surface area (Å²) in [6.07, 6.45) is 2.26. The largest absolute Gasteiger partial charge is 0.426 e. The Hall–Kier alpha value is -2.27. The van der Waals surface area contributed by atoms with Crippen LogP contribution in [0.1, 0.15) is 23.4 Å². The molecule has 1 atom stereocenters. The first-order valence-corrected chi connectivity index (χ1v) is 7.10. The summed E-state index contributed by atoms with van der Waals surface area (Å²) in [6.45, 7) is 0.449. The summed E-state index contributed by atoms with van der Waals surface area (Å²) in [6, 6.07) is 12.5. The molecular formula is C16H18N2O3. The fourth-order valence-corrected chi connectivity index (χ4v) is 2.21. The Kier molecular flexibility index (Phi) is 3.92. The standard InChI is InChI=1S/C16H18N2O3/c17-10-13(11-6-7-11)18-16(19)14-8-9-15(21-14)20-12-4-2-1-3-5-12/h1-5,8-9,11,13H,6-7,10,17H2,(H,18,19). The van der Waals surface area contributed by atoms with Crippen LogP contribution in [0.3, 0.4) is 0 Å². The molecule has 0 bridgehead atoms. The molecule has 1 aromatic carbocycles. The van der Waals surface area contributed by atoms with Crippen molar-refractivity contribution in [1.82, 2.24) is 5.32 Å². The monoisotopic (exact) mass is 286 g/mol. The predicted molar refractivity (Wildman–Crippen MR) is 78.3 cm³/mol. The molecule has 1 fully saturated rings. The van der Waals surface area contributed by atoms with Gasteiger partial charge in [0.2, 0.25) is 0 Å². The average Bonchev–Trinajstić information content (AvgIpc) is 3.25. The molecule has 1 heterocycles. The van der Waals surface area contributed by atoms with E-state index in [-0.39, 0.29) is 17.7 Å². The van der Waals surface area contributed by atoms with Crippen LogP contribution in [0.15, 0.2) is 46.9 Å². The molecule has 1 aliphatic carbocycles. The van der Waals surface area contributed by atoms with Crippen molar-refractivity contribution in [3.05, 3.63) is 48.2 Å². The minimum absolute atomic E-state index is 0.0288. The average molecular weight is 286 g/mol. The number of ether oxygens (including phenoxy) is 1. The van der Waals surface area contributed by atoms with Crippen LogP contribution in [0.5, 0.6) is 11.7 Å². The molecule has 21 heavy (non-hydrogen) atoms. The Morgan fingerprint density at radius 3 is 2.71 bits per heavy atom. The molecule has 5 heteroatoms. The summed E-state index contributed by atoms with van der Waals surface area (Å²) in [7, 11) is 0. The third-order valence-electron chi connectivity index (χ3n) is 3.53. The van der Waals surface area contributed by atoms with Gasteiger partial charge < -0.3 is 20.2 Å². The highest BCUT2D eigenvalue weighted by molar-refractivity contribution is 5.91. The van der Waals surface area contributed by atoms with Gasteiger partial charge in [0.1, 0.15) is 5.75 Å². The van der Waals surface area contributed by atoms with E-state index in [4.69, 9.17) is 14.9 Å². The first kappa shape index (κ1) is 13.7. The maximum Gasteiger partial charge on any atom is 0.290 e. The summed E-state index contributed by atoms with van der Waals surface area (Å²) in [5.74, 6) is 1.45. The zero-order chi connectivity index (χ0) is 14.7. The normalized spacial score (nSPS) is 15.5. The van der Waals surface area contributed by atoms with Gasteiger partial charge >= 0.3 is 0 Å². The smallest absolute Gasteiger partial charge is 0.290 e. The molecule has 110 valence electrons. The Morgan fingerprint density at radius 1 is 1.29 bits per heavy atom. The van der Waals surface area contributed by atoms with Crippen LogP contribution >= 0.6 is 0 Å². The molecule has 0 aliphatic heterocycles. The van der Waals surface area contributed by atoms with Crippen LogP contribution in [0, 0.1) is 5.92 Å². The molecule has 1 unspecified atom stereocenters. The van der Waals surface area contributed by atoms with Gasteiger partial charge in [0, 0.05) is 18.7 Å². The second-order valence-electron chi connectivity index (χ2n) is 5.19. The summed E-state index contributed by atoms with van der Waals surface area (Å²) >= 11 is 0. The fourth-order valence-electron chi connectivity index (χ4n) is 2.21. The van der Waals surface area contributed by atoms with E-state index in [2.05, 4.69) is 5.32 Å². The minimum Gasteiger partial charge on any atom is -0.426 e. The number of hydrogen-bond donors (Lipinski definition) is 2. The zero-order valence-electron chi connectivity index (χ0n) is 11.6. The summed E-state index contributed by atoms with van der Waals surface area (Å²) in [5, 5.41) is 2.91. The first-order chi connectivity index (χ1) is 10.3. The van der Waals surface area contributed by atoms with Gasteiger partial charge in [0.25, 0.3) is 11.9 Å². The Balaban J connectivity index is 1.62. The number of benzene rings is 1. The lowest BCUT2D eigenvalue weighted by Crippen LogP contribution is -2.41. The van der Waals surface area contributed by atoms with Crippen LogP contribution < -0.4 is 15.8 Å². The van der Waals surface area contributed by atoms with E-state index in [0.29, 0.717) is 24.2 Å². The third-order valence-corrected chi connectivity index (χ3v) is 3.53. The van der Waals surface area contributed by atoms with Gasteiger partial charge in [-0.25, -0.2) is 0 Å². The van der Waals surface area contributed by atoms with Crippen molar-refractivity contribution in [3.63, 3.8) is 0 Å². The summed E-state index contributed by atoms with van der Waals surface area (Å²) < 4.78 is 10.9. The molecule has 5 nitrogen and oxygen atoms in total. The minimum atomic E-state index is -0.250. The second-order valence-corrected chi connectivity index (χ2v) is 5.19. The number of rotatable bonds is 6. The molecule has 0 radical (unpaired) electrons. The van der Waals surface area contributed by atoms with Gasteiger partial charge in [0.05, 0.1) is 0 Å². The maximum absolute atomic E-state index is 12.1. The molecule has 3 N–H and O–H groups in total. The zero-order valence-corrected chi connectivity index (χ0v) is 11.6. The maximum atomic E-state index is 12.1. The summed E-state index contributed by atoms with van der Waals surface area (Å²) in [5.41, 5.74) is 5.68. The van der Waals surface area contributed by atoms with E-state index in [1.807, 2.05) is 30.3 Å². The lowest BCUT2D eigenvalue weighted by Gasteiger charge is -2.14. The third kappa shape index (κ3) is 3.44. The van der Waals surface area contributed by atoms with Gasteiger partial charge in [-0.1, -0.05) is 18.2 Å². The second kappa shape index (κ2) is 6.01. The lowest BCUT2D eigenvalue weighted by atomic mass is 10.2. The SMILES string of the molecule is NCC(NC(=O)c1ccc(Oc2ccccc2)o1)C1CC1. The Morgan fingerprint density at radius 2 is 2.05 bits per heavy atom. The van der Waals surface area contributed by atoms with E-state index in [0.717, 1.165) is 12.8 Å². The lowest BCUT2D eigenvalue weighted by molar-refractivity contribution is 0.0900. The molecule has 1 amide bonds. The highest BCUT2D eigenvalue weighted by atomic mass is 16.6. The van der Waals surface area contributed by atoms with E-state index < -0.39 is 0 Å². The quantitative estimate of drug-likeness (QED) is 0.855. The number of para-hydroxylation sites is 1. The Labute approximate surface area is 123 Å². The van der Waals surface area contributed by atoms with Crippen LogP contribution in [-0.2, 0) is 0 Å². The highest BCUT2D eigenvalue weighted by Gasteiger charge is 2.31. The number of hydrogen-bond acceptors (Lipinski definition) is 4. The van der Waals surface area contributed by atoms with Gasteiger partial charge in [-0.15, -0.1) is 0 Å². The van der Waals surface area contributed by atoms with E-state index in [9.17, 15) is 4.79 Å². The predicted octanol–water partition coefficient (Wildman–Crippen LogP) is 2.54. The highest BCUT2D eigenvalue weighted by Crippen LogP contribution is 2.32. The van der Waals surface area contributed by atoms with Crippen molar-refractivity contribution in [2.45, 2.75) is 18.9 Å². The van der Waals surface area contributed by atoms with Gasteiger partial charge in [-0.2, -0.15) is 0 Å². The molecular weight excluding hydrogens is 268 g/mol. The van der Waals surface area contributed by atoms with Crippen LogP contribution in [0.4, 0.5) is 0 Å². The van der Waals surface area contributed by atoms with Crippen LogP contribution in [0.25, 0.3) is 0 Å². The number of furan rings is 1. The number of amides is 1. The number of carbonyl (C=O) groups is 1. The molecule has 2 aromatic rings. The van der Waals surface area contributed by atoms with E-state index >= 15 is 0 Å².